The van der Waals surface area contributed by atoms with Crippen molar-refractivity contribution in [2.75, 3.05) is 43.0 Å². The molecule has 2 amide bonds. The van der Waals surface area contributed by atoms with Gasteiger partial charge in [-0.2, -0.15) is 0 Å². The molecule has 0 bridgehead atoms. The van der Waals surface area contributed by atoms with E-state index in [9.17, 15) is 21.6 Å². The molecule has 2 heterocycles. The summed E-state index contributed by atoms with van der Waals surface area (Å²) in [5.41, 5.74) is 11.6. The summed E-state index contributed by atoms with van der Waals surface area (Å²) in [7, 11) is -6.94. The molecule has 2 saturated heterocycles. The summed E-state index contributed by atoms with van der Waals surface area (Å²) in [6.45, 7) is 11.4. The highest BCUT2D eigenvalue weighted by Gasteiger charge is 2.37. The normalized spacial score (nSPS) is 20.3. The second kappa shape index (κ2) is 16.1. The van der Waals surface area contributed by atoms with Crippen molar-refractivity contribution in [2.24, 2.45) is 5.14 Å². The standard InChI is InChI=1S/C20H29N3O3S.C13H13NO.C7H16N2O2S/c1-20(2)9-10-23(20)11-12-27(25,26)22-19(24)21-18-16-7-3-5-14(16)13-15-6-4-8-17(15)18;14-8-15-13-11-5-1-3-9(11)7-10-4-2-6-12(10)13;1-7(2)3-4-9(7)5-6-12(8,10)11/h13H,3-12H2,1-2H3,(H2,21,22,24);7H,1-6H2;3-6H2,1-2H3,(H2,8,10,11). The first-order valence-electron chi connectivity index (χ1n) is 19.7. The Morgan fingerprint density at radius 1 is 0.741 bits per heavy atom. The minimum absolute atomic E-state index is 0.0585. The number of urea groups is 1. The maximum absolute atomic E-state index is 12.5. The van der Waals surface area contributed by atoms with Crippen molar-refractivity contribution in [2.45, 2.75) is 129 Å². The zero-order valence-corrected chi connectivity index (χ0v) is 34.1. The predicted octanol–water partition coefficient (Wildman–Crippen LogP) is 4.88. The fourth-order valence-corrected chi connectivity index (χ4v) is 10.3. The fourth-order valence-electron chi connectivity index (χ4n) is 8.96. The van der Waals surface area contributed by atoms with Crippen molar-refractivity contribution >= 4 is 31.8 Å². The molecule has 12 nitrogen and oxygen atoms in total. The molecular weight excluding hydrogens is 725 g/mol. The molecule has 0 unspecified atom stereocenters. The van der Waals surface area contributed by atoms with E-state index in [1.54, 1.807) is 0 Å². The van der Waals surface area contributed by atoms with Crippen LogP contribution in [0, 0.1) is 11.5 Å². The van der Waals surface area contributed by atoms with Crippen molar-refractivity contribution in [1.82, 2.24) is 14.5 Å². The van der Waals surface area contributed by atoms with Crippen LogP contribution in [0.3, 0.4) is 0 Å². The van der Waals surface area contributed by atoms with Crippen LogP contribution in [0.1, 0.15) is 111 Å². The summed E-state index contributed by atoms with van der Waals surface area (Å²) in [5.74, 6) is 0.908. The molecule has 2 fully saturated rings. The Bertz CT molecular complexity index is 1960. The lowest BCUT2D eigenvalue weighted by Gasteiger charge is -2.48. The number of benzene rings is 2. The number of hydrogen-bond acceptors (Lipinski definition) is 9. The molecule has 2 aromatic carbocycles. The number of nitrogens with one attached hydrogen (secondary N) is 2. The van der Waals surface area contributed by atoms with Crippen molar-refractivity contribution in [1.29, 1.82) is 5.26 Å². The van der Waals surface area contributed by atoms with Crippen LogP contribution in [0.2, 0.25) is 0 Å². The lowest BCUT2D eigenvalue weighted by molar-refractivity contribution is 0.0224. The van der Waals surface area contributed by atoms with Crippen LogP contribution in [-0.2, 0) is 71.4 Å². The second-order valence-electron chi connectivity index (χ2n) is 17.0. The molecule has 296 valence electrons. The van der Waals surface area contributed by atoms with Gasteiger partial charge >= 0.3 is 6.03 Å². The van der Waals surface area contributed by atoms with Crippen molar-refractivity contribution in [3.63, 3.8) is 0 Å². The number of primary sulfonamides is 1. The van der Waals surface area contributed by atoms with E-state index in [-0.39, 0.29) is 22.6 Å². The Labute approximate surface area is 322 Å². The number of nitrogens with zero attached hydrogens (tertiary/aromatic N) is 3. The molecule has 2 aromatic rings. The number of aryl methyl sites for hydroxylation is 4. The summed E-state index contributed by atoms with van der Waals surface area (Å²) in [4.78, 5) is 16.7. The molecule has 8 rings (SSSR count). The summed E-state index contributed by atoms with van der Waals surface area (Å²) < 4.78 is 53.4. The third-order valence-corrected chi connectivity index (χ3v) is 14.5. The van der Waals surface area contributed by atoms with Crippen molar-refractivity contribution in [3.8, 4) is 12.0 Å². The van der Waals surface area contributed by atoms with Gasteiger partial charge in [0.2, 0.25) is 20.0 Å². The molecule has 0 spiro atoms. The van der Waals surface area contributed by atoms with Crippen LogP contribution in [0.15, 0.2) is 12.1 Å². The molecule has 54 heavy (non-hydrogen) atoms. The predicted molar refractivity (Wildman–Crippen MR) is 212 cm³/mol. The Kier molecular flexibility index (Phi) is 12.1. The van der Waals surface area contributed by atoms with Gasteiger partial charge in [-0.05, 0) is 162 Å². The maximum atomic E-state index is 12.5. The van der Waals surface area contributed by atoms with Crippen LogP contribution in [0.5, 0.6) is 5.75 Å². The fraction of sp³-hybridized carbons (Fsp3) is 0.650. The highest BCUT2D eigenvalue weighted by molar-refractivity contribution is 7.90. The highest BCUT2D eigenvalue weighted by Crippen LogP contribution is 2.41. The van der Waals surface area contributed by atoms with Crippen LogP contribution in [-0.4, -0.2) is 81.4 Å². The van der Waals surface area contributed by atoms with Crippen LogP contribution in [0.25, 0.3) is 0 Å². The molecule has 14 heteroatoms. The quantitative estimate of drug-likeness (QED) is 0.300. The number of sulfonamides is 2. The lowest BCUT2D eigenvalue weighted by atomic mass is 9.89. The van der Waals surface area contributed by atoms with E-state index in [0.717, 1.165) is 102 Å². The monoisotopic (exact) mass is 782 g/mol. The van der Waals surface area contributed by atoms with E-state index in [1.165, 1.54) is 57.3 Å². The maximum Gasteiger partial charge on any atom is 0.332 e. The van der Waals surface area contributed by atoms with Gasteiger partial charge in [0.15, 0.2) is 0 Å². The lowest BCUT2D eigenvalue weighted by Crippen LogP contribution is -2.57. The van der Waals surface area contributed by atoms with Gasteiger partial charge < -0.3 is 10.1 Å². The number of nitriles is 1. The zero-order chi connectivity index (χ0) is 38.9. The Morgan fingerprint density at radius 2 is 1.17 bits per heavy atom. The molecule has 4 N–H and O–H groups in total. The number of hydrogen-bond donors (Lipinski definition) is 3. The Balaban J connectivity index is 0.000000154. The van der Waals surface area contributed by atoms with Gasteiger partial charge in [0, 0.05) is 42.9 Å². The first-order chi connectivity index (χ1) is 25.5. The van der Waals surface area contributed by atoms with Crippen LogP contribution < -0.4 is 19.9 Å². The van der Waals surface area contributed by atoms with E-state index in [2.05, 4.69) is 59.7 Å². The molecule has 6 aliphatic rings. The Morgan fingerprint density at radius 3 is 1.56 bits per heavy atom. The first kappa shape index (κ1) is 40.4. The van der Waals surface area contributed by atoms with Gasteiger partial charge in [-0.25, -0.2) is 31.5 Å². The average molecular weight is 783 g/mol. The number of amides is 2. The van der Waals surface area contributed by atoms with Crippen molar-refractivity contribution < 1.29 is 26.4 Å². The summed E-state index contributed by atoms with van der Waals surface area (Å²) >= 11 is 0. The minimum atomic E-state index is -3.65. The largest absolute Gasteiger partial charge is 0.387 e. The van der Waals surface area contributed by atoms with Gasteiger partial charge in [0.1, 0.15) is 5.75 Å². The van der Waals surface area contributed by atoms with Gasteiger partial charge in [-0.1, -0.05) is 12.1 Å². The van der Waals surface area contributed by atoms with Crippen LogP contribution >= 0.6 is 0 Å². The number of rotatable bonds is 9. The number of carbonyl (C=O) groups is 1. The summed E-state index contributed by atoms with van der Waals surface area (Å²) in [6.07, 6.45) is 17.1. The molecule has 0 atom stereocenters. The topological polar surface area (TPSA) is 175 Å². The number of nitrogens with two attached hydrogens (primary N) is 1. The van der Waals surface area contributed by atoms with Gasteiger partial charge in [0.25, 0.3) is 6.26 Å². The molecule has 0 radical (unpaired) electrons. The number of anilines is 1. The number of likely N-dealkylation sites (tertiary alicyclic amines) is 2. The summed E-state index contributed by atoms with van der Waals surface area (Å²) in [6, 6.07) is 4.00. The zero-order valence-electron chi connectivity index (χ0n) is 32.5. The van der Waals surface area contributed by atoms with Gasteiger partial charge in [0.05, 0.1) is 11.5 Å². The molecule has 2 aliphatic heterocycles. The van der Waals surface area contributed by atoms with Crippen LogP contribution in [0.4, 0.5) is 10.5 Å². The number of ether oxygens (including phenoxy) is 1. The average Bonchev–Trinajstić information content (AvgIpc) is 3.91. The number of fused-ring (bicyclic) bond motifs is 4. The highest BCUT2D eigenvalue weighted by atomic mass is 32.2. The summed E-state index contributed by atoms with van der Waals surface area (Å²) in [5, 5.41) is 16.5. The smallest absolute Gasteiger partial charge is 0.332 e. The van der Waals surface area contributed by atoms with E-state index >= 15 is 0 Å². The molecular formula is C40H58N6O6S2. The molecule has 0 saturated carbocycles. The van der Waals surface area contributed by atoms with E-state index < -0.39 is 26.1 Å². The third kappa shape index (κ3) is 9.41. The van der Waals surface area contributed by atoms with E-state index in [4.69, 9.17) is 15.1 Å². The van der Waals surface area contributed by atoms with E-state index in [0.29, 0.717) is 13.1 Å². The minimum Gasteiger partial charge on any atom is -0.387 e. The first-order valence-corrected chi connectivity index (χ1v) is 23.0. The molecule has 0 aromatic heterocycles. The van der Waals surface area contributed by atoms with Gasteiger partial charge in [-0.3, -0.25) is 9.80 Å². The van der Waals surface area contributed by atoms with E-state index in [1.807, 2.05) is 6.26 Å². The van der Waals surface area contributed by atoms with Gasteiger partial charge in [-0.15, -0.1) is 5.26 Å². The second-order valence-corrected chi connectivity index (χ2v) is 20.5. The Hall–Kier alpha value is -3.22. The third-order valence-electron chi connectivity index (χ3n) is 12.5. The molecule has 4 aliphatic carbocycles. The SMILES string of the molecule is CC1(C)CCN1CCS(=O)(=O)NC(=O)Nc1c2c(cc3c1CCC3)CCC2.CC1(C)CCN1CCS(N)(=O)=O.N#COc1c2c(cc3c1CCC3)CCC2. The van der Waals surface area contributed by atoms with Crippen molar-refractivity contribution in [3.05, 3.63) is 56.6 Å². The number of carbonyl (C=O) groups excluding carboxylic acids is 1.